The van der Waals surface area contributed by atoms with Crippen molar-refractivity contribution in [1.29, 1.82) is 0 Å². The summed E-state index contributed by atoms with van der Waals surface area (Å²) in [6.45, 7) is 5.44. The molecule has 0 bridgehead atoms. The second-order valence-electron chi connectivity index (χ2n) is 4.95. The van der Waals surface area contributed by atoms with Crippen molar-refractivity contribution in [2.24, 2.45) is 0 Å². The van der Waals surface area contributed by atoms with Gasteiger partial charge in [0.15, 0.2) is 0 Å². The SMILES string of the molecule is CCOC(=O)N1CCC(Nc2cc(OC)nc(C)n2)CC1. The largest absolute Gasteiger partial charge is 0.481 e. The van der Waals surface area contributed by atoms with Gasteiger partial charge in [-0.15, -0.1) is 0 Å². The van der Waals surface area contributed by atoms with Gasteiger partial charge in [0, 0.05) is 25.2 Å². The number of hydrogen-bond acceptors (Lipinski definition) is 6. The lowest BCUT2D eigenvalue weighted by molar-refractivity contribution is 0.0983. The fourth-order valence-corrected chi connectivity index (χ4v) is 2.35. The van der Waals surface area contributed by atoms with Crippen LogP contribution in [0.15, 0.2) is 6.07 Å². The zero-order valence-electron chi connectivity index (χ0n) is 12.8. The van der Waals surface area contributed by atoms with Crippen molar-refractivity contribution < 1.29 is 14.3 Å². The molecule has 0 spiro atoms. The van der Waals surface area contributed by atoms with E-state index in [0.29, 0.717) is 31.4 Å². The van der Waals surface area contributed by atoms with Crippen molar-refractivity contribution in [2.45, 2.75) is 32.7 Å². The lowest BCUT2D eigenvalue weighted by Crippen LogP contribution is -2.42. The molecule has 0 aliphatic carbocycles. The van der Waals surface area contributed by atoms with Crippen LogP contribution in [0.5, 0.6) is 5.88 Å². The predicted molar refractivity (Wildman–Crippen MR) is 78.6 cm³/mol. The molecule has 1 N–H and O–H groups in total. The van der Waals surface area contributed by atoms with Gasteiger partial charge < -0.3 is 19.7 Å². The quantitative estimate of drug-likeness (QED) is 0.913. The van der Waals surface area contributed by atoms with Gasteiger partial charge in [-0.2, -0.15) is 4.98 Å². The summed E-state index contributed by atoms with van der Waals surface area (Å²) in [6.07, 6.45) is 1.50. The molecule has 1 fully saturated rings. The first kappa shape index (κ1) is 15.3. The zero-order valence-corrected chi connectivity index (χ0v) is 12.8. The molecule has 1 saturated heterocycles. The Morgan fingerprint density at radius 2 is 2.14 bits per heavy atom. The van der Waals surface area contributed by atoms with Crippen molar-refractivity contribution in [2.75, 3.05) is 32.1 Å². The van der Waals surface area contributed by atoms with E-state index in [1.54, 1.807) is 18.1 Å². The number of piperidine rings is 1. The Balaban J connectivity index is 1.89. The minimum Gasteiger partial charge on any atom is -0.481 e. The number of carbonyl (C=O) groups excluding carboxylic acids is 1. The molecule has 21 heavy (non-hydrogen) atoms. The molecule has 2 heterocycles. The number of anilines is 1. The monoisotopic (exact) mass is 294 g/mol. The van der Waals surface area contributed by atoms with Crippen molar-refractivity contribution in [3.8, 4) is 5.88 Å². The maximum atomic E-state index is 11.6. The molecule has 1 aromatic rings. The van der Waals surface area contributed by atoms with E-state index in [9.17, 15) is 4.79 Å². The molecule has 7 nitrogen and oxygen atoms in total. The topological polar surface area (TPSA) is 76.6 Å². The van der Waals surface area contributed by atoms with E-state index in [4.69, 9.17) is 9.47 Å². The molecular weight excluding hydrogens is 272 g/mol. The van der Waals surface area contributed by atoms with E-state index in [1.807, 2.05) is 13.8 Å². The highest BCUT2D eigenvalue weighted by atomic mass is 16.6. The number of ether oxygens (including phenoxy) is 2. The molecule has 1 aliphatic rings. The average Bonchev–Trinajstić information content (AvgIpc) is 2.47. The molecule has 0 saturated carbocycles. The second-order valence-corrected chi connectivity index (χ2v) is 4.95. The van der Waals surface area contributed by atoms with Crippen LogP contribution in [-0.2, 0) is 4.74 Å². The summed E-state index contributed by atoms with van der Waals surface area (Å²) in [7, 11) is 1.59. The van der Waals surface area contributed by atoms with Crippen molar-refractivity contribution >= 4 is 11.9 Å². The number of carbonyl (C=O) groups is 1. The molecule has 7 heteroatoms. The summed E-state index contributed by atoms with van der Waals surface area (Å²) >= 11 is 0. The smallest absolute Gasteiger partial charge is 0.409 e. The van der Waals surface area contributed by atoms with Crippen molar-refractivity contribution in [1.82, 2.24) is 14.9 Å². The van der Waals surface area contributed by atoms with Gasteiger partial charge in [0.05, 0.1) is 13.7 Å². The minimum atomic E-state index is -0.226. The molecule has 0 aromatic carbocycles. The number of likely N-dealkylation sites (tertiary alicyclic amines) is 1. The average molecular weight is 294 g/mol. The number of aryl methyl sites for hydroxylation is 1. The Hall–Kier alpha value is -2.05. The number of aromatic nitrogens is 2. The van der Waals surface area contributed by atoms with Crippen LogP contribution >= 0.6 is 0 Å². The molecule has 1 amide bonds. The third kappa shape index (κ3) is 4.21. The van der Waals surface area contributed by atoms with Crippen molar-refractivity contribution in [3.63, 3.8) is 0 Å². The summed E-state index contributed by atoms with van der Waals surface area (Å²) in [4.78, 5) is 21.9. The molecule has 1 aliphatic heterocycles. The van der Waals surface area contributed by atoms with Crippen LogP contribution in [0.3, 0.4) is 0 Å². The molecule has 0 atom stereocenters. The van der Waals surface area contributed by atoms with Gasteiger partial charge in [-0.25, -0.2) is 9.78 Å². The number of nitrogens with zero attached hydrogens (tertiary/aromatic N) is 3. The number of rotatable bonds is 4. The Kier molecular flexibility index (Phi) is 5.19. The van der Waals surface area contributed by atoms with Crippen LogP contribution in [0.1, 0.15) is 25.6 Å². The fourth-order valence-electron chi connectivity index (χ4n) is 2.35. The summed E-state index contributed by atoms with van der Waals surface area (Å²) < 4.78 is 10.2. The number of amides is 1. The van der Waals surface area contributed by atoms with Gasteiger partial charge in [0.2, 0.25) is 5.88 Å². The first-order valence-electron chi connectivity index (χ1n) is 7.20. The normalized spacial score (nSPS) is 15.7. The Morgan fingerprint density at radius 3 is 2.76 bits per heavy atom. The van der Waals surface area contributed by atoms with Gasteiger partial charge in [-0.3, -0.25) is 0 Å². The number of methoxy groups -OCH3 is 1. The van der Waals surface area contributed by atoms with Crippen LogP contribution in [0.2, 0.25) is 0 Å². The Morgan fingerprint density at radius 1 is 1.43 bits per heavy atom. The van der Waals surface area contributed by atoms with Crippen LogP contribution in [0.4, 0.5) is 10.6 Å². The van der Waals surface area contributed by atoms with E-state index in [-0.39, 0.29) is 12.1 Å². The maximum Gasteiger partial charge on any atom is 0.409 e. The summed E-state index contributed by atoms with van der Waals surface area (Å²) in [5.41, 5.74) is 0. The summed E-state index contributed by atoms with van der Waals surface area (Å²) in [6, 6.07) is 2.07. The number of hydrogen-bond donors (Lipinski definition) is 1. The molecule has 0 radical (unpaired) electrons. The fraction of sp³-hybridized carbons (Fsp3) is 0.643. The van der Waals surface area contributed by atoms with Gasteiger partial charge in [0.1, 0.15) is 11.6 Å². The van der Waals surface area contributed by atoms with Gasteiger partial charge in [0.25, 0.3) is 0 Å². The highest BCUT2D eigenvalue weighted by Crippen LogP contribution is 2.18. The van der Waals surface area contributed by atoms with E-state index in [0.717, 1.165) is 18.7 Å². The van der Waals surface area contributed by atoms with E-state index in [1.165, 1.54) is 0 Å². The first-order valence-corrected chi connectivity index (χ1v) is 7.20. The molecule has 116 valence electrons. The van der Waals surface area contributed by atoms with Crippen molar-refractivity contribution in [3.05, 3.63) is 11.9 Å². The van der Waals surface area contributed by atoms with E-state index in [2.05, 4.69) is 15.3 Å². The summed E-state index contributed by atoms with van der Waals surface area (Å²) in [5, 5.41) is 3.38. The highest BCUT2D eigenvalue weighted by molar-refractivity contribution is 5.67. The van der Waals surface area contributed by atoms with E-state index >= 15 is 0 Å². The Bertz CT molecular complexity index is 487. The third-order valence-electron chi connectivity index (χ3n) is 3.40. The maximum absolute atomic E-state index is 11.6. The number of nitrogens with one attached hydrogen (secondary N) is 1. The lowest BCUT2D eigenvalue weighted by Gasteiger charge is -2.31. The second kappa shape index (κ2) is 7.10. The van der Waals surface area contributed by atoms with Gasteiger partial charge in [-0.05, 0) is 26.7 Å². The van der Waals surface area contributed by atoms with Crippen LogP contribution < -0.4 is 10.1 Å². The standard InChI is InChI=1S/C14H22N4O3/c1-4-21-14(19)18-7-5-11(6-8-18)17-12-9-13(20-3)16-10(2)15-12/h9,11H,4-8H2,1-3H3,(H,15,16,17). The molecule has 2 rings (SSSR count). The zero-order chi connectivity index (χ0) is 15.2. The lowest BCUT2D eigenvalue weighted by atomic mass is 10.1. The predicted octanol–water partition coefficient (Wildman–Crippen LogP) is 1.83. The molecule has 0 unspecified atom stereocenters. The van der Waals surface area contributed by atoms with Gasteiger partial charge >= 0.3 is 6.09 Å². The minimum absolute atomic E-state index is 0.226. The van der Waals surface area contributed by atoms with Crippen LogP contribution in [0, 0.1) is 6.92 Å². The summed E-state index contributed by atoms with van der Waals surface area (Å²) in [5.74, 6) is 1.98. The Labute approximate surface area is 124 Å². The molecular formula is C14H22N4O3. The van der Waals surface area contributed by atoms with E-state index < -0.39 is 0 Å². The third-order valence-corrected chi connectivity index (χ3v) is 3.40. The highest BCUT2D eigenvalue weighted by Gasteiger charge is 2.23. The van der Waals surface area contributed by atoms with Gasteiger partial charge in [-0.1, -0.05) is 0 Å². The molecule has 1 aromatic heterocycles. The first-order chi connectivity index (χ1) is 10.1. The van der Waals surface area contributed by atoms with Crippen LogP contribution in [-0.4, -0.2) is 53.8 Å². The van der Waals surface area contributed by atoms with Crippen LogP contribution in [0.25, 0.3) is 0 Å².